The highest BCUT2D eigenvalue weighted by atomic mass is 16.2. The maximum atomic E-state index is 13.3. The largest absolute Gasteiger partial charge is 0.349 e. The SMILES string of the molecule is CC1C=CCC(=O)N2C(CC(=O)NC1c1ccccc1)CC(C)C2c1ccccc1. The van der Waals surface area contributed by atoms with Gasteiger partial charge in [-0.15, -0.1) is 0 Å². The molecule has 1 saturated heterocycles. The summed E-state index contributed by atoms with van der Waals surface area (Å²) in [6, 6.07) is 20.1. The van der Waals surface area contributed by atoms with Crippen LogP contribution in [0.5, 0.6) is 0 Å². The maximum absolute atomic E-state index is 13.3. The first-order valence-corrected chi connectivity index (χ1v) is 10.9. The summed E-state index contributed by atoms with van der Waals surface area (Å²) in [7, 11) is 0. The summed E-state index contributed by atoms with van der Waals surface area (Å²) < 4.78 is 0. The summed E-state index contributed by atoms with van der Waals surface area (Å²) in [5, 5.41) is 3.25. The van der Waals surface area contributed by atoms with Gasteiger partial charge in [0.15, 0.2) is 0 Å². The molecule has 5 atom stereocenters. The molecule has 0 bridgehead atoms. The van der Waals surface area contributed by atoms with Crippen molar-refractivity contribution in [2.45, 2.75) is 51.2 Å². The smallest absolute Gasteiger partial charge is 0.227 e. The zero-order valence-electron chi connectivity index (χ0n) is 17.7. The molecule has 1 fully saturated rings. The van der Waals surface area contributed by atoms with Gasteiger partial charge in [-0.2, -0.15) is 0 Å². The molecule has 0 saturated carbocycles. The molecule has 0 aliphatic carbocycles. The molecule has 2 heterocycles. The second-order valence-electron chi connectivity index (χ2n) is 8.67. The molecule has 2 aliphatic heterocycles. The van der Waals surface area contributed by atoms with Gasteiger partial charge in [0.2, 0.25) is 11.8 Å². The first-order valence-electron chi connectivity index (χ1n) is 10.9. The monoisotopic (exact) mass is 402 g/mol. The van der Waals surface area contributed by atoms with Gasteiger partial charge in [-0.25, -0.2) is 0 Å². The van der Waals surface area contributed by atoms with E-state index in [4.69, 9.17) is 0 Å². The number of fused-ring (bicyclic) bond motifs is 1. The Morgan fingerprint density at radius 2 is 1.53 bits per heavy atom. The normalized spacial score (nSPS) is 29.8. The number of hydrogen-bond acceptors (Lipinski definition) is 2. The van der Waals surface area contributed by atoms with E-state index in [1.54, 1.807) is 0 Å². The Bertz CT molecular complexity index is 909. The highest BCUT2D eigenvalue weighted by Gasteiger charge is 2.43. The molecule has 156 valence electrons. The Morgan fingerprint density at radius 3 is 2.20 bits per heavy atom. The Kier molecular flexibility index (Phi) is 6.03. The number of benzene rings is 2. The van der Waals surface area contributed by atoms with Crippen molar-refractivity contribution in [1.82, 2.24) is 10.2 Å². The second kappa shape index (κ2) is 8.86. The summed E-state index contributed by atoms with van der Waals surface area (Å²) >= 11 is 0. The van der Waals surface area contributed by atoms with Gasteiger partial charge in [0, 0.05) is 18.9 Å². The zero-order valence-corrected chi connectivity index (χ0v) is 17.7. The van der Waals surface area contributed by atoms with Crippen LogP contribution in [-0.4, -0.2) is 22.8 Å². The van der Waals surface area contributed by atoms with Crippen LogP contribution >= 0.6 is 0 Å². The minimum absolute atomic E-state index is 0.00900. The van der Waals surface area contributed by atoms with E-state index in [1.807, 2.05) is 47.4 Å². The van der Waals surface area contributed by atoms with Crippen LogP contribution in [0.1, 0.15) is 56.3 Å². The predicted octanol–water partition coefficient (Wildman–Crippen LogP) is 4.81. The summed E-state index contributed by atoms with van der Waals surface area (Å²) in [4.78, 5) is 28.3. The minimum Gasteiger partial charge on any atom is -0.349 e. The second-order valence-corrected chi connectivity index (χ2v) is 8.67. The van der Waals surface area contributed by atoms with Crippen molar-refractivity contribution in [2.24, 2.45) is 11.8 Å². The lowest BCUT2D eigenvalue weighted by Crippen LogP contribution is -2.41. The summed E-state index contributed by atoms with van der Waals surface area (Å²) in [6.45, 7) is 4.28. The summed E-state index contributed by atoms with van der Waals surface area (Å²) in [6.07, 6.45) is 5.59. The molecule has 0 radical (unpaired) electrons. The lowest BCUT2D eigenvalue weighted by atomic mass is 9.93. The Labute approximate surface area is 179 Å². The van der Waals surface area contributed by atoms with Crippen LogP contribution in [0, 0.1) is 11.8 Å². The molecule has 0 spiro atoms. The standard InChI is InChI=1S/C26H30N2O2/c1-18-10-9-15-24(30)28-22(16-19(2)26(28)21-13-7-4-8-14-21)17-23(29)27-25(18)20-11-5-3-6-12-20/h3-14,18-19,22,25-26H,15-17H2,1-2H3,(H,27,29). The van der Waals surface area contributed by atoms with Crippen molar-refractivity contribution in [3.63, 3.8) is 0 Å². The molecular formula is C26H30N2O2. The van der Waals surface area contributed by atoms with Crippen LogP contribution in [0.15, 0.2) is 72.8 Å². The van der Waals surface area contributed by atoms with E-state index in [2.05, 4.69) is 49.5 Å². The average Bonchev–Trinajstić information content (AvgIpc) is 3.07. The minimum atomic E-state index is -0.0969. The number of nitrogens with zero attached hydrogens (tertiary/aromatic N) is 1. The van der Waals surface area contributed by atoms with Gasteiger partial charge in [-0.3, -0.25) is 9.59 Å². The molecule has 2 aromatic rings. The van der Waals surface area contributed by atoms with Crippen LogP contribution < -0.4 is 5.32 Å². The zero-order chi connectivity index (χ0) is 21.1. The van der Waals surface area contributed by atoms with E-state index < -0.39 is 0 Å². The maximum Gasteiger partial charge on any atom is 0.227 e. The lowest BCUT2D eigenvalue weighted by molar-refractivity contribution is -0.134. The topological polar surface area (TPSA) is 49.4 Å². The molecule has 30 heavy (non-hydrogen) atoms. The number of amides is 2. The number of hydrogen-bond donors (Lipinski definition) is 1. The van der Waals surface area contributed by atoms with E-state index >= 15 is 0 Å². The van der Waals surface area contributed by atoms with Gasteiger partial charge in [-0.05, 0) is 29.4 Å². The summed E-state index contributed by atoms with van der Waals surface area (Å²) in [5.74, 6) is 0.521. The molecule has 1 N–H and O–H groups in total. The average molecular weight is 403 g/mol. The van der Waals surface area contributed by atoms with Crippen molar-refractivity contribution in [3.05, 3.63) is 83.9 Å². The third-order valence-corrected chi connectivity index (χ3v) is 6.46. The quantitative estimate of drug-likeness (QED) is 0.733. The predicted molar refractivity (Wildman–Crippen MR) is 118 cm³/mol. The fourth-order valence-electron chi connectivity index (χ4n) is 5.08. The Hall–Kier alpha value is -2.88. The molecule has 4 rings (SSSR count). The van der Waals surface area contributed by atoms with Gasteiger partial charge in [-0.1, -0.05) is 86.7 Å². The van der Waals surface area contributed by atoms with Gasteiger partial charge >= 0.3 is 0 Å². The van der Waals surface area contributed by atoms with E-state index in [1.165, 1.54) is 0 Å². The van der Waals surface area contributed by atoms with E-state index in [0.29, 0.717) is 18.8 Å². The van der Waals surface area contributed by atoms with Crippen LogP contribution in [0.4, 0.5) is 0 Å². The molecule has 2 aromatic carbocycles. The molecule has 4 nitrogen and oxygen atoms in total. The van der Waals surface area contributed by atoms with Crippen LogP contribution in [0.3, 0.4) is 0 Å². The number of nitrogens with one attached hydrogen (secondary N) is 1. The Morgan fingerprint density at radius 1 is 0.900 bits per heavy atom. The first kappa shape index (κ1) is 20.4. The fourth-order valence-corrected chi connectivity index (χ4v) is 5.08. The van der Waals surface area contributed by atoms with Crippen molar-refractivity contribution < 1.29 is 9.59 Å². The summed E-state index contributed by atoms with van der Waals surface area (Å²) in [5.41, 5.74) is 2.24. The molecule has 0 aromatic heterocycles. The van der Waals surface area contributed by atoms with Gasteiger partial charge in [0.25, 0.3) is 0 Å². The van der Waals surface area contributed by atoms with Crippen molar-refractivity contribution in [2.75, 3.05) is 0 Å². The molecule has 2 amide bonds. The third-order valence-electron chi connectivity index (χ3n) is 6.46. The van der Waals surface area contributed by atoms with E-state index in [9.17, 15) is 9.59 Å². The molecule has 5 unspecified atom stereocenters. The molecular weight excluding hydrogens is 372 g/mol. The van der Waals surface area contributed by atoms with Gasteiger partial charge < -0.3 is 10.2 Å². The lowest BCUT2D eigenvalue weighted by Gasteiger charge is -2.31. The fraction of sp³-hybridized carbons (Fsp3) is 0.385. The van der Waals surface area contributed by atoms with Gasteiger partial charge in [0.1, 0.15) is 0 Å². The highest BCUT2D eigenvalue weighted by molar-refractivity contribution is 5.82. The van der Waals surface area contributed by atoms with Gasteiger partial charge in [0.05, 0.1) is 12.1 Å². The number of carbonyl (C=O) groups is 2. The van der Waals surface area contributed by atoms with Crippen LogP contribution in [0.2, 0.25) is 0 Å². The highest BCUT2D eigenvalue weighted by Crippen LogP contribution is 2.42. The van der Waals surface area contributed by atoms with E-state index in [0.717, 1.165) is 17.5 Å². The molecule has 2 aliphatic rings. The van der Waals surface area contributed by atoms with Crippen molar-refractivity contribution in [3.8, 4) is 0 Å². The van der Waals surface area contributed by atoms with Crippen LogP contribution in [-0.2, 0) is 9.59 Å². The third kappa shape index (κ3) is 4.18. The van der Waals surface area contributed by atoms with Crippen molar-refractivity contribution >= 4 is 11.8 Å². The molecule has 4 heteroatoms. The van der Waals surface area contributed by atoms with Crippen molar-refractivity contribution in [1.29, 1.82) is 0 Å². The first-order chi connectivity index (χ1) is 14.5. The number of carbonyl (C=O) groups excluding carboxylic acids is 2. The van der Waals surface area contributed by atoms with E-state index in [-0.39, 0.29) is 35.9 Å². The number of rotatable bonds is 2. The van der Waals surface area contributed by atoms with Crippen LogP contribution in [0.25, 0.3) is 0 Å². The Balaban J connectivity index is 1.64.